The van der Waals surface area contributed by atoms with Gasteiger partial charge in [-0.25, -0.2) is 15.0 Å². The molecule has 3 heterocycles. The average Bonchev–Trinajstić information content (AvgIpc) is 3.20. The van der Waals surface area contributed by atoms with Crippen molar-refractivity contribution in [1.29, 1.82) is 0 Å². The number of rotatable bonds is 5. The fourth-order valence-electron chi connectivity index (χ4n) is 3.21. The molecule has 1 aromatic carbocycles. The Hall–Kier alpha value is -3.42. The first-order valence-corrected chi connectivity index (χ1v) is 9.72. The third kappa shape index (κ3) is 4.06. The maximum absolute atomic E-state index is 11.9. The van der Waals surface area contributed by atoms with Crippen LogP contribution in [0.3, 0.4) is 0 Å². The number of piperazine rings is 1. The summed E-state index contributed by atoms with van der Waals surface area (Å²) in [5.74, 6) is 1.50. The number of anilines is 3. The lowest BCUT2D eigenvalue weighted by molar-refractivity contribution is -0.123. The molecule has 8 nitrogen and oxygen atoms in total. The third-order valence-corrected chi connectivity index (χ3v) is 4.91. The molecule has 1 unspecified atom stereocenters. The quantitative estimate of drug-likeness (QED) is 0.687. The van der Waals surface area contributed by atoms with Crippen LogP contribution in [0.2, 0.25) is 0 Å². The SMILES string of the molecule is CC(C)c1ccnc(Nc2cccc(-c3cnc(N4CCNC(=O)C4C)o3)c2)n1. The highest BCUT2D eigenvalue weighted by Crippen LogP contribution is 2.28. The van der Waals surface area contributed by atoms with E-state index in [4.69, 9.17) is 4.42 Å². The van der Waals surface area contributed by atoms with Crippen LogP contribution in [0, 0.1) is 0 Å². The van der Waals surface area contributed by atoms with E-state index in [1.165, 1.54) is 0 Å². The van der Waals surface area contributed by atoms with E-state index in [1.807, 2.05) is 42.2 Å². The zero-order chi connectivity index (χ0) is 20.4. The molecule has 1 aliphatic heterocycles. The number of aromatic nitrogens is 3. The van der Waals surface area contributed by atoms with Crippen molar-refractivity contribution in [3.8, 4) is 11.3 Å². The molecule has 8 heteroatoms. The monoisotopic (exact) mass is 392 g/mol. The van der Waals surface area contributed by atoms with Crippen molar-refractivity contribution in [2.45, 2.75) is 32.7 Å². The number of hydrogen-bond acceptors (Lipinski definition) is 7. The summed E-state index contributed by atoms with van der Waals surface area (Å²) in [4.78, 5) is 27.0. The summed E-state index contributed by atoms with van der Waals surface area (Å²) in [6.07, 6.45) is 3.44. The minimum Gasteiger partial charge on any atom is -0.423 e. The highest BCUT2D eigenvalue weighted by Gasteiger charge is 2.28. The van der Waals surface area contributed by atoms with Gasteiger partial charge in [0.25, 0.3) is 6.01 Å². The molecule has 0 aliphatic carbocycles. The van der Waals surface area contributed by atoms with Gasteiger partial charge in [0, 0.05) is 36.2 Å². The Morgan fingerprint density at radius 1 is 1.28 bits per heavy atom. The molecule has 29 heavy (non-hydrogen) atoms. The van der Waals surface area contributed by atoms with Crippen molar-refractivity contribution in [3.05, 3.63) is 48.4 Å². The van der Waals surface area contributed by atoms with Gasteiger partial charge >= 0.3 is 0 Å². The number of nitrogens with one attached hydrogen (secondary N) is 2. The van der Waals surface area contributed by atoms with Crippen LogP contribution in [0.1, 0.15) is 32.4 Å². The highest BCUT2D eigenvalue weighted by molar-refractivity contribution is 5.85. The largest absolute Gasteiger partial charge is 0.423 e. The van der Waals surface area contributed by atoms with E-state index in [-0.39, 0.29) is 11.9 Å². The Morgan fingerprint density at radius 2 is 2.14 bits per heavy atom. The molecule has 0 saturated carbocycles. The van der Waals surface area contributed by atoms with Crippen LogP contribution in [0.25, 0.3) is 11.3 Å². The summed E-state index contributed by atoms with van der Waals surface area (Å²) in [6, 6.07) is 9.86. The van der Waals surface area contributed by atoms with Crippen LogP contribution in [0.5, 0.6) is 0 Å². The van der Waals surface area contributed by atoms with E-state index in [0.29, 0.717) is 36.7 Å². The molecular weight excluding hydrogens is 368 g/mol. The van der Waals surface area contributed by atoms with E-state index in [2.05, 4.69) is 39.4 Å². The summed E-state index contributed by atoms with van der Waals surface area (Å²) in [5, 5.41) is 6.09. The first kappa shape index (κ1) is 18.9. The fraction of sp³-hybridized carbons (Fsp3) is 0.333. The molecule has 1 atom stereocenters. The molecule has 1 saturated heterocycles. The van der Waals surface area contributed by atoms with Gasteiger partial charge in [0.05, 0.1) is 6.20 Å². The first-order valence-electron chi connectivity index (χ1n) is 9.72. The second kappa shape index (κ2) is 7.90. The molecule has 0 bridgehead atoms. The predicted octanol–water partition coefficient (Wildman–Crippen LogP) is 3.32. The lowest BCUT2D eigenvalue weighted by atomic mass is 10.1. The molecule has 0 spiro atoms. The summed E-state index contributed by atoms with van der Waals surface area (Å²) in [7, 11) is 0. The molecule has 1 fully saturated rings. The minimum atomic E-state index is -0.311. The standard InChI is InChI=1S/C21H24N6O2/c1-13(2)17-7-8-23-20(26-17)25-16-6-4-5-15(11-16)18-12-24-21(29-18)27-10-9-22-19(28)14(27)3/h4-8,11-14H,9-10H2,1-3H3,(H,22,28)(H,23,25,26). The smallest absolute Gasteiger partial charge is 0.298 e. The Kier molecular flexibility index (Phi) is 5.16. The molecular formula is C21H24N6O2. The molecule has 150 valence electrons. The molecule has 4 rings (SSSR count). The lowest BCUT2D eigenvalue weighted by Gasteiger charge is -2.31. The summed E-state index contributed by atoms with van der Waals surface area (Å²) in [5.41, 5.74) is 2.72. The fourth-order valence-corrected chi connectivity index (χ4v) is 3.21. The van der Waals surface area contributed by atoms with Crippen LogP contribution in [0.4, 0.5) is 17.7 Å². The number of benzene rings is 1. The van der Waals surface area contributed by atoms with Crippen molar-refractivity contribution in [2.75, 3.05) is 23.3 Å². The van der Waals surface area contributed by atoms with Gasteiger partial charge in [0.2, 0.25) is 11.9 Å². The van der Waals surface area contributed by atoms with Crippen LogP contribution < -0.4 is 15.5 Å². The summed E-state index contributed by atoms with van der Waals surface area (Å²) in [6.45, 7) is 7.28. The van der Waals surface area contributed by atoms with Gasteiger partial charge in [0.15, 0.2) is 5.76 Å². The average molecular weight is 392 g/mol. The van der Waals surface area contributed by atoms with Crippen LogP contribution in [-0.4, -0.2) is 40.0 Å². The van der Waals surface area contributed by atoms with E-state index >= 15 is 0 Å². The number of carbonyl (C=O) groups excluding carboxylic acids is 1. The Balaban J connectivity index is 1.54. The zero-order valence-corrected chi connectivity index (χ0v) is 16.7. The van der Waals surface area contributed by atoms with Crippen molar-refractivity contribution < 1.29 is 9.21 Å². The van der Waals surface area contributed by atoms with Gasteiger partial charge in [-0.1, -0.05) is 26.0 Å². The van der Waals surface area contributed by atoms with Crippen molar-refractivity contribution in [1.82, 2.24) is 20.3 Å². The molecule has 0 radical (unpaired) electrons. The van der Waals surface area contributed by atoms with Gasteiger partial charge in [-0.3, -0.25) is 4.79 Å². The number of nitrogens with zero attached hydrogens (tertiary/aromatic N) is 4. The summed E-state index contributed by atoms with van der Waals surface area (Å²) < 4.78 is 5.96. The van der Waals surface area contributed by atoms with Gasteiger partial charge < -0.3 is 20.0 Å². The van der Waals surface area contributed by atoms with Crippen LogP contribution >= 0.6 is 0 Å². The Morgan fingerprint density at radius 3 is 2.97 bits per heavy atom. The molecule has 1 aliphatic rings. The van der Waals surface area contributed by atoms with Gasteiger partial charge in [0.1, 0.15) is 6.04 Å². The van der Waals surface area contributed by atoms with E-state index in [1.54, 1.807) is 12.4 Å². The third-order valence-electron chi connectivity index (χ3n) is 4.91. The molecule has 2 N–H and O–H groups in total. The van der Waals surface area contributed by atoms with Crippen LogP contribution in [-0.2, 0) is 4.79 Å². The lowest BCUT2D eigenvalue weighted by Crippen LogP contribution is -2.54. The van der Waals surface area contributed by atoms with E-state index in [9.17, 15) is 4.79 Å². The second-order valence-corrected chi connectivity index (χ2v) is 7.33. The first-order chi connectivity index (χ1) is 14.0. The van der Waals surface area contributed by atoms with E-state index in [0.717, 1.165) is 16.9 Å². The van der Waals surface area contributed by atoms with Crippen molar-refractivity contribution >= 4 is 23.6 Å². The maximum Gasteiger partial charge on any atom is 0.298 e. The second-order valence-electron chi connectivity index (χ2n) is 7.33. The Labute approximate surface area is 169 Å². The molecule has 2 aromatic heterocycles. The minimum absolute atomic E-state index is 0.0224. The maximum atomic E-state index is 11.9. The van der Waals surface area contributed by atoms with Gasteiger partial charge in [-0.15, -0.1) is 0 Å². The Bertz CT molecular complexity index is 1020. The van der Waals surface area contributed by atoms with Gasteiger partial charge in [-0.2, -0.15) is 0 Å². The zero-order valence-electron chi connectivity index (χ0n) is 16.7. The number of oxazole rings is 1. The summed E-state index contributed by atoms with van der Waals surface area (Å²) >= 11 is 0. The highest BCUT2D eigenvalue weighted by atomic mass is 16.4. The normalized spacial score (nSPS) is 16.8. The molecule has 1 amide bonds. The number of hydrogen-bond donors (Lipinski definition) is 2. The topological polar surface area (TPSA) is 96.2 Å². The van der Waals surface area contributed by atoms with Crippen molar-refractivity contribution in [2.24, 2.45) is 0 Å². The predicted molar refractivity (Wildman–Crippen MR) is 111 cm³/mol. The van der Waals surface area contributed by atoms with E-state index < -0.39 is 0 Å². The van der Waals surface area contributed by atoms with Crippen LogP contribution in [0.15, 0.2) is 47.1 Å². The van der Waals surface area contributed by atoms with Crippen molar-refractivity contribution in [3.63, 3.8) is 0 Å². The number of carbonyl (C=O) groups is 1. The number of amides is 1. The van der Waals surface area contributed by atoms with Gasteiger partial charge in [-0.05, 0) is 31.0 Å². The molecule has 3 aromatic rings.